The van der Waals surface area contributed by atoms with Gasteiger partial charge >= 0.3 is 5.69 Å². The Morgan fingerprint density at radius 1 is 1.15 bits per heavy atom. The summed E-state index contributed by atoms with van der Waals surface area (Å²) in [6.45, 7) is 3.60. The zero-order valence-corrected chi connectivity index (χ0v) is 15.4. The Morgan fingerprint density at radius 3 is 2.52 bits per heavy atom. The predicted molar refractivity (Wildman–Crippen MR) is 104 cm³/mol. The number of benzene rings is 1. The van der Waals surface area contributed by atoms with E-state index in [-0.39, 0.29) is 17.3 Å². The van der Waals surface area contributed by atoms with Gasteiger partial charge in [-0.25, -0.2) is 9.97 Å². The van der Waals surface area contributed by atoms with Crippen LogP contribution in [0.3, 0.4) is 0 Å². The van der Waals surface area contributed by atoms with Crippen LogP contribution in [0.5, 0.6) is 5.75 Å². The van der Waals surface area contributed by atoms with Gasteiger partial charge in [0.2, 0.25) is 11.6 Å². The van der Waals surface area contributed by atoms with Crippen molar-refractivity contribution in [1.82, 2.24) is 14.9 Å². The second-order valence-corrected chi connectivity index (χ2v) is 6.36. The molecule has 1 fully saturated rings. The second-order valence-electron chi connectivity index (χ2n) is 6.36. The number of ether oxygens (including phenoxy) is 1. The summed E-state index contributed by atoms with van der Waals surface area (Å²) in [7, 11) is 1.58. The molecule has 1 aromatic heterocycles. The van der Waals surface area contributed by atoms with Gasteiger partial charge in [-0.2, -0.15) is 0 Å². The van der Waals surface area contributed by atoms with E-state index in [4.69, 9.17) is 4.74 Å². The Morgan fingerprint density at radius 2 is 1.85 bits per heavy atom. The van der Waals surface area contributed by atoms with Crippen LogP contribution in [0.4, 0.5) is 23.0 Å². The third-order valence-electron chi connectivity index (χ3n) is 4.53. The number of nitrogens with one attached hydrogen (secondary N) is 2. The topological polar surface area (TPSA) is 105 Å². The first-order valence-electron chi connectivity index (χ1n) is 9.04. The van der Waals surface area contributed by atoms with Crippen LogP contribution in [0.1, 0.15) is 19.3 Å². The predicted octanol–water partition coefficient (Wildman–Crippen LogP) is 3.03. The first-order chi connectivity index (χ1) is 13.2. The van der Waals surface area contributed by atoms with Crippen LogP contribution in [-0.2, 0) is 0 Å². The molecular formula is C18H24N6O3. The van der Waals surface area contributed by atoms with Crippen molar-refractivity contribution in [2.24, 2.45) is 0 Å². The molecule has 2 heterocycles. The van der Waals surface area contributed by atoms with Crippen LogP contribution in [0.25, 0.3) is 0 Å². The monoisotopic (exact) mass is 372 g/mol. The highest BCUT2D eigenvalue weighted by molar-refractivity contribution is 5.73. The van der Waals surface area contributed by atoms with E-state index < -0.39 is 4.92 Å². The number of aromatic nitrogens is 2. The molecule has 0 atom stereocenters. The fourth-order valence-corrected chi connectivity index (χ4v) is 3.10. The van der Waals surface area contributed by atoms with Gasteiger partial charge < -0.3 is 20.3 Å². The zero-order valence-electron chi connectivity index (χ0n) is 15.4. The van der Waals surface area contributed by atoms with Crippen molar-refractivity contribution >= 4 is 23.0 Å². The van der Waals surface area contributed by atoms with Crippen molar-refractivity contribution in [1.29, 1.82) is 0 Å². The Balaban J connectivity index is 1.70. The van der Waals surface area contributed by atoms with Gasteiger partial charge in [-0.15, -0.1) is 0 Å². The van der Waals surface area contributed by atoms with E-state index >= 15 is 0 Å². The lowest BCUT2D eigenvalue weighted by Crippen LogP contribution is -2.33. The summed E-state index contributed by atoms with van der Waals surface area (Å²) in [4.78, 5) is 21.6. The molecule has 2 aromatic rings. The van der Waals surface area contributed by atoms with Gasteiger partial charge in [0.15, 0.2) is 0 Å². The van der Waals surface area contributed by atoms with Gasteiger partial charge in [0.25, 0.3) is 0 Å². The molecule has 0 amide bonds. The summed E-state index contributed by atoms with van der Waals surface area (Å²) in [5.74, 6) is 1.08. The highest BCUT2D eigenvalue weighted by atomic mass is 16.6. The average Bonchev–Trinajstić information content (AvgIpc) is 2.69. The van der Waals surface area contributed by atoms with Gasteiger partial charge in [-0.1, -0.05) is 6.42 Å². The van der Waals surface area contributed by atoms with E-state index in [1.54, 1.807) is 31.4 Å². The summed E-state index contributed by atoms with van der Waals surface area (Å²) in [5, 5.41) is 17.7. The Bertz CT molecular complexity index is 762. The normalized spacial score (nSPS) is 14.6. The molecule has 27 heavy (non-hydrogen) atoms. The third-order valence-corrected chi connectivity index (χ3v) is 4.53. The maximum atomic E-state index is 11.6. The van der Waals surface area contributed by atoms with E-state index in [2.05, 4.69) is 25.5 Å². The molecule has 0 aliphatic carbocycles. The summed E-state index contributed by atoms with van der Waals surface area (Å²) < 4.78 is 5.12. The van der Waals surface area contributed by atoms with Crippen LogP contribution < -0.4 is 15.4 Å². The molecule has 1 aliphatic heterocycles. The Hall–Kier alpha value is -2.94. The molecule has 0 spiro atoms. The van der Waals surface area contributed by atoms with Crippen molar-refractivity contribution in [2.45, 2.75) is 19.3 Å². The molecule has 2 N–H and O–H groups in total. The number of hydrogen-bond acceptors (Lipinski definition) is 8. The Kier molecular flexibility index (Phi) is 6.37. The third kappa shape index (κ3) is 5.04. The largest absolute Gasteiger partial charge is 0.497 e. The molecule has 9 nitrogen and oxygen atoms in total. The summed E-state index contributed by atoms with van der Waals surface area (Å²) in [6, 6.07) is 7.09. The molecule has 0 saturated carbocycles. The van der Waals surface area contributed by atoms with E-state index in [1.165, 1.54) is 25.6 Å². The lowest BCUT2D eigenvalue weighted by atomic mass is 10.1. The standard InChI is InChI=1S/C18H24N6O3/c1-27-15-7-5-14(6-8-15)22-18-16(24(25)26)17(20-13-21-18)19-9-12-23-10-3-2-4-11-23/h5-8,13H,2-4,9-12H2,1H3,(H2,19,20,21,22). The fourth-order valence-electron chi connectivity index (χ4n) is 3.10. The number of methoxy groups -OCH3 is 1. The number of hydrogen-bond donors (Lipinski definition) is 2. The van der Waals surface area contributed by atoms with Gasteiger partial charge in [-0.3, -0.25) is 10.1 Å². The molecular weight excluding hydrogens is 348 g/mol. The lowest BCUT2D eigenvalue weighted by Gasteiger charge is -2.26. The SMILES string of the molecule is COc1ccc(Nc2ncnc(NCCN3CCCCC3)c2[N+](=O)[O-])cc1. The quantitative estimate of drug-likeness (QED) is 0.538. The van der Waals surface area contributed by atoms with Crippen molar-refractivity contribution < 1.29 is 9.66 Å². The number of nitrogens with zero attached hydrogens (tertiary/aromatic N) is 4. The highest BCUT2D eigenvalue weighted by Gasteiger charge is 2.23. The number of piperidine rings is 1. The molecule has 144 valence electrons. The Labute approximate surface area is 157 Å². The number of nitro groups is 1. The van der Waals surface area contributed by atoms with E-state index in [9.17, 15) is 10.1 Å². The van der Waals surface area contributed by atoms with E-state index in [1.807, 2.05) is 0 Å². The minimum Gasteiger partial charge on any atom is -0.497 e. The first-order valence-corrected chi connectivity index (χ1v) is 9.04. The lowest BCUT2D eigenvalue weighted by molar-refractivity contribution is -0.383. The molecule has 3 rings (SSSR count). The summed E-state index contributed by atoms with van der Waals surface area (Å²) in [5.41, 5.74) is 0.517. The summed E-state index contributed by atoms with van der Waals surface area (Å²) >= 11 is 0. The second kappa shape index (κ2) is 9.13. The average molecular weight is 372 g/mol. The molecule has 1 aliphatic rings. The number of anilines is 3. The van der Waals surface area contributed by atoms with Gasteiger partial charge in [0.1, 0.15) is 12.1 Å². The van der Waals surface area contributed by atoms with Crippen molar-refractivity contribution in [2.75, 3.05) is 43.9 Å². The van der Waals surface area contributed by atoms with Gasteiger partial charge in [0.05, 0.1) is 12.0 Å². The molecule has 0 unspecified atom stereocenters. The van der Waals surface area contributed by atoms with Crippen LogP contribution in [0.2, 0.25) is 0 Å². The van der Waals surface area contributed by atoms with Gasteiger partial charge in [0, 0.05) is 18.8 Å². The van der Waals surface area contributed by atoms with Gasteiger partial charge in [-0.05, 0) is 50.2 Å². The molecule has 1 aromatic carbocycles. The van der Waals surface area contributed by atoms with Crippen molar-refractivity contribution in [3.05, 3.63) is 40.7 Å². The zero-order chi connectivity index (χ0) is 19.1. The maximum absolute atomic E-state index is 11.6. The molecule has 0 radical (unpaired) electrons. The van der Waals surface area contributed by atoms with Crippen molar-refractivity contribution in [3.63, 3.8) is 0 Å². The van der Waals surface area contributed by atoms with Crippen LogP contribution >= 0.6 is 0 Å². The fraction of sp³-hybridized carbons (Fsp3) is 0.444. The maximum Gasteiger partial charge on any atom is 0.353 e. The smallest absolute Gasteiger partial charge is 0.353 e. The minimum absolute atomic E-state index is 0.153. The number of rotatable bonds is 8. The van der Waals surface area contributed by atoms with Crippen LogP contribution in [0, 0.1) is 10.1 Å². The van der Waals surface area contributed by atoms with Crippen LogP contribution in [-0.4, -0.2) is 53.1 Å². The summed E-state index contributed by atoms with van der Waals surface area (Å²) in [6.07, 6.45) is 5.02. The highest BCUT2D eigenvalue weighted by Crippen LogP contribution is 2.31. The molecule has 9 heteroatoms. The van der Waals surface area contributed by atoms with E-state index in [0.717, 1.165) is 19.6 Å². The molecule has 1 saturated heterocycles. The first kappa shape index (κ1) is 18.8. The molecule has 0 bridgehead atoms. The van der Waals surface area contributed by atoms with Crippen molar-refractivity contribution in [3.8, 4) is 5.75 Å². The number of likely N-dealkylation sites (tertiary alicyclic amines) is 1. The van der Waals surface area contributed by atoms with E-state index in [0.29, 0.717) is 18.0 Å². The minimum atomic E-state index is -0.463. The van der Waals surface area contributed by atoms with Crippen LogP contribution in [0.15, 0.2) is 30.6 Å².